The summed E-state index contributed by atoms with van der Waals surface area (Å²) in [5.41, 5.74) is 6.04. The number of benzene rings is 2. The van der Waals surface area contributed by atoms with Crippen LogP contribution < -0.4 is 31.9 Å². The number of alkyl carbamates (subject to hydrolysis) is 1. The highest BCUT2D eigenvalue weighted by Gasteiger charge is 2.43. The lowest BCUT2D eigenvalue weighted by Crippen LogP contribution is -2.36. The maximum Gasteiger partial charge on any atom is 0.407 e. The summed E-state index contributed by atoms with van der Waals surface area (Å²) in [6, 6.07) is 14.1. The van der Waals surface area contributed by atoms with Crippen LogP contribution in [0.4, 0.5) is 19.8 Å². The standard InChI is InChI=1S/C25H46N5O4PS.C20H40N3O4P.C17H35FN3O3P.C15H32N3O2P.C12H13NO2S/c1-19(2)30(20(3)4)35(34-17-15-26-5)33-16-11-7-6-10-14-27-23(31)13-9-8-12-22-24-21(18-36-22)28-25(32)29-24;1-17(2)23(18(3)4)28(26-16-14-21-8)25-15-12-10-9-11-13-22-19(24)27-20(5,6)7;1-16(2)21(17(3)4)25(24-14-11-19-5)23-13-10-8-7-9-12-20(18)15-22-6;1-14(2)18(15(3)4)21(20-13-11-17-5)19-12-9-7-6-8-10-16;1-13(2)11-7-3-6-10-9(11)5-4-8-12(10)16(14)15/h19-22,24H,6-18H2,1-4H3,(H,27,31)(H2,28,29,32);17-18H,9-16H2,1-7H3,(H,22,24);16-17H,7-15H2,1-4,6H3;14-15H,6-13,16H2,1-4H3;3-8H,1-2H3,(H,14,15)/p-1. The van der Waals surface area contributed by atoms with E-state index in [1.807, 2.05) is 75.8 Å². The molecule has 4 amide bonds. The van der Waals surface area contributed by atoms with Crippen LogP contribution in [0.3, 0.4) is 0 Å². The first-order chi connectivity index (χ1) is 60.0. The van der Waals surface area contributed by atoms with Gasteiger partial charge >= 0.3 is 12.1 Å². The van der Waals surface area contributed by atoms with Gasteiger partial charge in [-0.2, -0.15) is 11.8 Å². The van der Waals surface area contributed by atoms with Gasteiger partial charge in [0, 0.05) is 123 Å². The molecule has 2 aromatic rings. The first-order valence-electron chi connectivity index (χ1n) is 45.5. The third-order valence-electron chi connectivity index (χ3n) is 18.8. The molecule has 2 fully saturated rings. The van der Waals surface area contributed by atoms with Crippen molar-refractivity contribution in [2.45, 2.75) is 336 Å². The summed E-state index contributed by atoms with van der Waals surface area (Å²) < 4.78 is 102. The highest BCUT2D eigenvalue weighted by Crippen LogP contribution is 2.49. The first kappa shape index (κ1) is 122. The lowest BCUT2D eigenvalue weighted by Gasteiger charge is -2.35. The summed E-state index contributed by atoms with van der Waals surface area (Å²) in [6.45, 7) is 75.6. The first-order valence-corrected chi connectivity index (χ1v) is 52.1. The van der Waals surface area contributed by atoms with Crippen molar-refractivity contribution in [3.8, 4) is 0 Å². The minimum Gasteiger partial charge on any atom is -0.768 e. The number of rotatable bonds is 64. The van der Waals surface area contributed by atoms with E-state index in [4.69, 9.17) is 77.7 Å². The van der Waals surface area contributed by atoms with Gasteiger partial charge in [-0.25, -0.2) is 54.6 Å². The van der Waals surface area contributed by atoms with Gasteiger partial charge in [0.15, 0.2) is 0 Å². The Hall–Kier alpha value is -4.02. The summed E-state index contributed by atoms with van der Waals surface area (Å²) in [6.07, 6.45) is 19.2. The number of carbonyl (C=O) groups excluding carboxylic acids is 3. The van der Waals surface area contributed by atoms with E-state index < -0.39 is 50.8 Å². The molecule has 726 valence electrons. The molecule has 126 heavy (non-hydrogen) atoms. The molecular formula is C89H165FN15O15P4S2-. The van der Waals surface area contributed by atoms with Crippen molar-refractivity contribution in [3.63, 3.8) is 0 Å². The van der Waals surface area contributed by atoms with Crippen molar-refractivity contribution in [2.75, 3.05) is 144 Å². The third kappa shape index (κ3) is 57.4. The quantitative estimate of drug-likeness (QED) is 0.00782. The number of thioether (sulfide) groups is 1. The van der Waals surface area contributed by atoms with Gasteiger partial charge in [0.05, 0.1) is 38.5 Å². The smallest absolute Gasteiger partial charge is 0.407 e. The van der Waals surface area contributed by atoms with E-state index in [1.165, 1.54) is 7.11 Å². The number of nitrogens with two attached hydrogens (primary N) is 1. The molecule has 2 aliphatic heterocycles. The van der Waals surface area contributed by atoms with E-state index in [2.05, 4.69) is 170 Å². The monoisotopic (exact) mass is 1890 g/mol. The van der Waals surface area contributed by atoms with E-state index >= 15 is 0 Å². The summed E-state index contributed by atoms with van der Waals surface area (Å²) >= 11 is -0.270. The second kappa shape index (κ2) is 75.4. The Morgan fingerprint density at radius 1 is 0.540 bits per heavy atom. The van der Waals surface area contributed by atoms with Crippen LogP contribution >= 0.6 is 45.9 Å². The van der Waals surface area contributed by atoms with Crippen LogP contribution in [-0.2, 0) is 61.5 Å². The number of amides is 4. The van der Waals surface area contributed by atoms with Gasteiger partial charge in [0.1, 0.15) is 38.8 Å². The predicted molar refractivity (Wildman–Crippen MR) is 519 cm³/mol. The van der Waals surface area contributed by atoms with Gasteiger partial charge in [-0.05, 0) is 231 Å². The molecule has 2 saturated heterocycles. The lowest BCUT2D eigenvalue weighted by atomic mass is 10.0. The minimum atomic E-state index is -2.19. The maximum absolute atomic E-state index is 13.1. The molecule has 4 rings (SSSR count). The molecule has 2 aromatic carbocycles. The van der Waals surface area contributed by atoms with Crippen molar-refractivity contribution in [2.24, 2.45) is 5.73 Å². The molecule has 0 radical (unpaired) electrons. The molecule has 0 aromatic heterocycles. The molecule has 0 spiro atoms. The summed E-state index contributed by atoms with van der Waals surface area (Å²) in [4.78, 5) is 50.8. The van der Waals surface area contributed by atoms with E-state index in [1.54, 1.807) is 12.1 Å². The Bertz CT molecular complexity index is 3300. The number of carbonyl (C=O) groups is 3. The van der Waals surface area contributed by atoms with Gasteiger partial charge < -0.3 is 101 Å². The molecule has 0 aliphatic carbocycles. The summed E-state index contributed by atoms with van der Waals surface area (Å²) in [7, 11) is 0.839. The summed E-state index contributed by atoms with van der Waals surface area (Å²) in [5, 5.41) is 14.7. The number of ether oxygens (including phenoxy) is 2. The van der Waals surface area contributed by atoms with Crippen LogP contribution in [-0.4, -0.2) is 261 Å². The molecule has 0 saturated carbocycles. The molecule has 8 atom stereocenters. The van der Waals surface area contributed by atoms with Crippen LogP contribution in [0.2, 0.25) is 0 Å². The zero-order valence-electron chi connectivity index (χ0n) is 80.8. The van der Waals surface area contributed by atoms with E-state index in [9.17, 15) is 27.6 Å². The van der Waals surface area contributed by atoms with Gasteiger partial charge in [0.25, 0.3) is 34.1 Å². The third-order valence-corrected chi connectivity index (χ3v) is 29.5. The zero-order chi connectivity index (χ0) is 94.8. The fraction of sp³-hybridized carbons (Fsp3) is 0.809. The normalized spacial score (nSPS) is 15.6. The van der Waals surface area contributed by atoms with Gasteiger partial charge in [-0.3, -0.25) is 9.00 Å². The number of fused-ring (bicyclic) bond motifs is 2. The highest BCUT2D eigenvalue weighted by molar-refractivity contribution is 8.00. The largest absolute Gasteiger partial charge is 0.768 e. The maximum atomic E-state index is 13.1. The van der Waals surface area contributed by atoms with Crippen LogP contribution in [0.15, 0.2) is 41.3 Å². The van der Waals surface area contributed by atoms with Gasteiger partial charge in [-0.1, -0.05) is 82.1 Å². The Balaban J connectivity index is 0.00000159. The Morgan fingerprint density at radius 2 is 0.913 bits per heavy atom. The average molecular weight is 1890 g/mol. The minimum absolute atomic E-state index is 0.0234. The molecule has 37 heteroatoms. The number of nitrogens with one attached hydrogen (secondary N) is 4. The fourth-order valence-electron chi connectivity index (χ4n) is 13.4. The number of methoxy groups -OCH3 is 1. The number of hydrogen-bond acceptors (Lipinski definition) is 23. The molecule has 2 heterocycles. The second-order valence-corrected chi connectivity index (χ2v) is 41.9. The zero-order valence-corrected chi connectivity index (χ0v) is 86.1. The van der Waals surface area contributed by atoms with E-state index in [-0.39, 0.29) is 36.8 Å². The number of anilines is 1. The van der Waals surface area contributed by atoms with Crippen LogP contribution in [0, 0.1) is 26.3 Å². The number of hydrogen-bond donors (Lipinski definition) is 5. The van der Waals surface area contributed by atoms with Crippen LogP contribution in [0.25, 0.3) is 30.2 Å². The van der Waals surface area contributed by atoms with Crippen molar-refractivity contribution in [3.05, 3.63) is 82.1 Å². The fourth-order valence-corrected chi connectivity index (χ4v) is 22.0. The van der Waals surface area contributed by atoms with Crippen molar-refractivity contribution < 1.29 is 73.3 Å². The number of urea groups is 1. The van der Waals surface area contributed by atoms with Crippen molar-refractivity contribution in [1.82, 2.24) is 45.1 Å². The number of nitrogens with zero attached hydrogens (tertiary/aromatic N) is 10. The molecule has 30 nitrogen and oxygen atoms in total. The Kier molecular flexibility index (Phi) is 73.0. The van der Waals surface area contributed by atoms with Crippen LogP contribution in [0.5, 0.6) is 0 Å². The molecule has 2 aliphatic rings. The predicted octanol–water partition coefficient (Wildman–Crippen LogP) is 20.6. The number of unbranched alkanes of at least 4 members (excludes halogenated alkanes) is 13. The van der Waals surface area contributed by atoms with Gasteiger partial charge in [-0.15, -0.1) is 9.60 Å². The SMILES string of the molecule is CN(C)c1cccc2c(S(=O)[O-])cccc12.[C-]#[N+]CCOP(OCCCCCCN(F)COC)N(C(C)C)C(C)C.[C-]#[N+]CCOP(OCCCCCCN)N(C(C)C)C(C)C.[C-]#[N+]CCOP(OCCCCCCNC(=O)CCCCC1SCC2NC(=O)NC21)N(C(C)C)C(C)C.[C-]#[N+]CCOP(OCCCCCCNC(=O)OC(C)(C)C)N(C(C)C)C(C)C. The second-order valence-electron chi connectivity index (χ2n) is 33.9. The van der Waals surface area contributed by atoms with Gasteiger partial charge in [0.2, 0.25) is 32.1 Å². The van der Waals surface area contributed by atoms with Crippen LogP contribution in [0.1, 0.15) is 260 Å². The highest BCUT2D eigenvalue weighted by atomic mass is 32.2. The van der Waals surface area contributed by atoms with Crippen molar-refractivity contribution >= 4 is 91.4 Å². The van der Waals surface area contributed by atoms with Crippen molar-refractivity contribution in [1.29, 1.82) is 0 Å². The molecule has 0 bridgehead atoms. The molecule has 6 N–H and O–H groups in total. The Morgan fingerprint density at radius 3 is 1.29 bits per heavy atom. The topological polar surface area (TPSA) is 295 Å². The van der Waals surface area contributed by atoms with E-state index in [0.717, 1.165) is 157 Å². The number of halogens is 1. The van der Waals surface area contributed by atoms with E-state index in [0.29, 0.717) is 162 Å². The Labute approximate surface area is 773 Å². The summed E-state index contributed by atoms with van der Waals surface area (Å²) in [5.74, 6) is 1.11. The average Bonchev–Trinajstić information content (AvgIpc) is 1.00. The molecule has 8 unspecified atom stereocenters. The molecular weight excluding hydrogens is 1730 g/mol. The lowest BCUT2D eigenvalue weighted by molar-refractivity contribution is -0.121.